The molecule has 26 heavy (non-hydrogen) atoms. The summed E-state index contributed by atoms with van der Waals surface area (Å²) in [4.78, 5) is 15.1. The van der Waals surface area contributed by atoms with Gasteiger partial charge in [0, 0.05) is 11.6 Å². The Morgan fingerprint density at radius 2 is 1.27 bits per heavy atom. The van der Waals surface area contributed by atoms with Crippen LogP contribution in [0.1, 0.15) is 17.0 Å². The van der Waals surface area contributed by atoms with Crippen molar-refractivity contribution in [1.29, 1.82) is 0 Å². The second-order valence-corrected chi connectivity index (χ2v) is 6.86. The zero-order chi connectivity index (χ0) is 17.9. The predicted octanol–water partition coefficient (Wildman–Crippen LogP) is 5.16. The fraction of sp³-hybridized carbons (Fsp3) is 0.0870. The lowest BCUT2D eigenvalue weighted by molar-refractivity contribution is -0.117. The van der Waals surface area contributed by atoms with E-state index in [9.17, 15) is 4.79 Å². The average molecular weight is 357 g/mol. The normalized spacial score (nSPS) is 20.0. The van der Waals surface area contributed by atoms with Gasteiger partial charge in [0.2, 0.25) is 5.91 Å². The standard InChI is InChI=1S/C23H19NOS/c25-23-22(26)20(17-10-4-1-5-11-17)16-21(18-12-6-2-7-13-18)24(23)19-14-8-3-9-15-19/h1-16,20,22,26H/t20-,22-/m1/s1. The molecule has 0 aliphatic carbocycles. The molecule has 4 rings (SSSR count). The quantitative estimate of drug-likeness (QED) is 0.642. The maximum absolute atomic E-state index is 13.3. The minimum Gasteiger partial charge on any atom is -0.280 e. The van der Waals surface area contributed by atoms with E-state index in [2.05, 4.69) is 30.8 Å². The van der Waals surface area contributed by atoms with Gasteiger partial charge in [-0.25, -0.2) is 0 Å². The van der Waals surface area contributed by atoms with Crippen LogP contribution >= 0.6 is 12.6 Å². The first kappa shape index (κ1) is 16.7. The maximum atomic E-state index is 13.3. The van der Waals surface area contributed by atoms with Crippen molar-refractivity contribution in [3.8, 4) is 0 Å². The molecule has 0 aromatic heterocycles. The third-order valence-corrected chi connectivity index (χ3v) is 5.20. The number of para-hydroxylation sites is 1. The number of benzene rings is 3. The van der Waals surface area contributed by atoms with Gasteiger partial charge in [-0.3, -0.25) is 9.69 Å². The Morgan fingerprint density at radius 3 is 1.88 bits per heavy atom. The fourth-order valence-electron chi connectivity index (χ4n) is 3.37. The van der Waals surface area contributed by atoms with Gasteiger partial charge in [-0.1, -0.05) is 84.9 Å². The lowest BCUT2D eigenvalue weighted by Gasteiger charge is -2.36. The van der Waals surface area contributed by atoms with E-state index in [1.807, 2.05) is 78.9 Å². The summed E-state index contributed by atoms with van der Waals surface area (Å²) in [6.07, 6.45) is 2.16. The van der Waals surface area contributed by atoms with Crippen molar-refractivity contribution in [2.24, 2.45) is 0 Å². The summed E-state index contributed by atoms with van der Waals surface area (Å²) < 4.78 is 0. The van der Waals surface area contributed by atoms with Gasteiger partial charge in [0.1, 0.15) is 0 Å². The van der Waals surface area contributed by atoms with Gasteiger partial charge in [0.25, 0.3) is 0 Å². The van der Waals surface area contributed by atoms with Crippen molar-refractivity contribution >= 4 is 29.9 Å². The highest BCUT2D eigenvalue weighted by atomic mass is 32.1. The van der Waals surface area contributed by atoms with Crippen LogP contribution in [0.4, 0.5) is 5.69 Å². The first-order chi connectivity index (χ1) is 12.8. The Labute approximate surface area is 159 Å². The van der Waals surface area contributed by atoms with Crippen molar-refractivity contribution in [3.05, 3.63) is 108 Å². The van der Waals surface area contributed by atoms with Crippen LogP contribution in [0.3, 0.4) is 0 Å². The molecule has 3 aromatic rings. The lowest BCUT2D eigenvalue weighted by Crippen LogP contribution is -2.42. The number of anilines is 1. The van der Waals surface area contributed by atoms with Gasteiger partial charge in [-0.2, -0.15) is 12.6 Å². The Hall–Kier alpha value is -2.78. The molecular formula is C23H19NOS. The summed E-state index contributed by atoms with van der Waals surface area (Å²) in [6.45, 7) is 0. The van der Waals surface area contributed by atoms with Crippen molar-refractivity contribution in [2.75, 3.05) is 4.90 Å². The Kier molecular flexibility index (Phi) is 4.63. The summed E-state index contributed by atoms with van der Waals surface area (Å²) in [7, 11) is 0. The van der Waals surface area contributed by atoms with Crippen LogP contribution in [0.25, 0.3) is 5.70 Å². The third kappa shape index (κ3) is 3.06. The maximum Gasteiger partial charge on any atom is 0.245 e. The molecule has 0 spiro atoms. The van der Waals surface area contributed by atoms with Gasteiger partial charge in [-0.05, 0) is 23.3 Å². The summed E-state index contributed by atoms with van der Waals surface area (Å²) in [6, 6.07) is 29.9. The molecular weight excluding hydrogens is 338 g/mol. The van der Waals surface area contributed by atoms with Crippen LogP contribution in [0.15, 0.2) is 97.1 Å². The van der Waals surface area contributed by atoms with Crippen molar-refractivity contribution in [2.45, 2.75) is 11.2 Å². The van der Waals surface area contributed by atoms with Crippen LogP contribution < -0.4 is 4.90 Å². The Balaban J connectivity index is 1.88. The van der Waals surface area contributed by atoms with Crippen molar-refractivity contribution < 1.29 is 4.79 Å². The summed E-state index contributed by atoms with van der Waals surface area (Å²) in [5.41, 5.74) is 3.88. The summed E-state index contributed by atoms with van der Waals surface area (Å²) in [5.74, 6) is -0.0723. The number of nitrogens with zero attached hydrogens (tertiary/aromatic N) is 1. The number of carbonyl (C=O) groups is 1. The van der Waals surface area contributed by atoms with E-state index in [0.29, 0.717) is 0 Å². The van der Waals surface area contributed by atoms with E-state index < -0.39 is 5.25 Å². The molecule has 0 radical (unpaired) electrons. The van der Waals surface area contributed by atoms with Crippen LogP contribution in [0.2, 0.25) is 0 Å². The minimum atomic E-state index is -0.426. The van der Waals surface area contributed by atoms with Crippen molar-refractivity contribution in [1.82, 2.24) is 0 Å². The third-order valence-electron chi connectivity index (χ3n) is 4.66. The number of hydrogen-bond donors (Lipinski definition) is 1. The van der Waals surface area contributed by atoms with Gasteiger partial charge >= 0.3 is 0 Å². The molecule has 0 bridgehead atoms. The molecule has 3 heteroatoms. The highest BCUT2D eigenvalue weighted by Gasteiger charge is 2.36. The number of thiol groups is 1. The average Bonchev–Trinajstić information content (AvgIpc) is 2.72. The van der Waals surface area contributed by atoms with Crippen LogP contribution in [-0.2, 0) is 4.79 Å². The zero-order valence-electron chi connectivity index (χ0n) is 14.2. The second-order valence-electron chi connectivity index (χ2n) is 6.31. The number of hydrogen-bond acceptors (Lipinski definition) is 2. The number of carbonyl (C=O) groups excluding carboxylic acids is 1. The molecule has 1 aliphatic heterocycles. The molecule has 2 atom stereocenters. The summed E-state index contributed by atoms with van der Waals surface area (Å²) >= 11 is 4.69. The predicted molar refractivity (Wildman–Crippen MR) is 110 cm³/mol. The van der Waals surface area contributed by atoms with E-state index >= 15 is 0 Å². The van der Waals surface area contributed by atoms with Crippen LogP contribution in [0, 0.1) is 0 Å². The Morgan fingerprint density at radius 1 is 0.731 bits per heavy atom. The van der Waals surface area contributed by atoms with Gasteiger partial charge in [-0.15, -0.1) is 0 Å². The molecule has 0 saturated carbocycles. The minimum absolute atomic E-state index is 0.00487. The molecule has 0 N–H and O–H groups in total. The number of allylic oxidation sites excluding steroid dienone is 1. The van der Waals surface area contributed by atoms with Gasteiger partial charge in [0.05, 0.1) is 10.9 Å². The highest BCUT2D eigenvalue weighted by Crippen LogP contribution is 2.39. The van der Waals surface area contributed by atoms with Crippen LogP contribution in [-0.4, -0.2) is 11.2 Å². The molecule has 0 unspecified atom stereocenters. The van der Waals surface area contributed by atoms with E-state index in [1.165, 1.54) is 0 Å². The van der Waals surface area contributed by atoms with Gasteiger partial charge in [0.15, 0.2) is 0 Å². The largest absolute Gasteiger partial charge is 0.280 e. The second kappa shape index (κ2) is 7.22. The number of rotatable bonds is 3. The molecule has 1 amide bonds. The Bertz CT molecular complexity index is 922. The molecule has 1 aliphatic rings. The number of amides is 1. The molecule has 2 nitrogen and oxygen atoms in total. The van der Waals surface area contributed by atoms with E-state index in [0.717, 1.165) is 22.5 Å². The summed E-state index contributed by atoms with van der Waals surface area (Å²) in [5, 5.41) is -0.426. The SMILES string of the molecule is O=C1[C@H](S)[C@@H](c2ccccc2)C=C(c2ccccc2)N1c1ccccc1. The molecule has 128 valence electrons. The fourth-order valence-corrected chi connectivity index (χ4v) is 3.75. The van der Waals surface area contributed by atoms with Crippen LogP contribution in [0.5, 0.6) is 0 Å². The molecule has 1 heterocycles. The highest BCUT2D eigenvalue weighted by molar-refractivity contribution is 7.82. The van der Waals surface area contributed by atoms with Gasteiger partial charge < -0.3 is 0 Å². The van der Waals surface area contributed by atoms with E-state index in [4.69, 9.17) is 0 Å². The zero-order valence-corrected chi connectivity index (χ0v) is 15.1. The van der Waals surface area contributed by atoms with Crippen molar-refractivity contribution in [3.63, 3.8) is 0 Å². The lowest BCUT2D eigenvalue weighted by atomic mass is 9.88. The smallest absolute Gasteiger partial charge is 0.245 e. The molecule has 0 saturated heterocycles. The van der Waals surface area contributed by atoms with E-state index in [-0.39, 0.29) is 11.8 Å². The molecule has 0 fully saturated rings. The first-order valence-corrected chi connectivity index (χ1v) is 9.16. The topological polar surface area (TPSA) is 20.3 Å². The first-order valence-electron chi connectivity index (χ1n) is 8.65. The monoisotopic (exact) mass is 357 g/mol. The molecule has 3 aromatic carbocycles. The van der Waals surface area contributed by atoms with E-state index in [1.54, 1.807) is 4.90 Å².